The van der Waals surface area contributed by atoms with Crippen LogP contribution < -0.4 is 16.6 Å². The summed E-state index contributed by atoms with van der Waals surface area (Å²) >= 11 is 0. The first kappa shape index (κ1) is 22.6. The molecule has 34 heavy (non-hydrogen) atoms. The van der Waals surface area contributed by atoms with E-state index >= 15 is 0 Å². The fraction of sp³-hybridized carbons (Fsp3) is 0.167. The van der Waals surface area contributed by atoms with Gasteiger partial charge in [-0.15, -0.1) is 0 Å². The second-order valence-electron chi connectivity index (χ2n) is 7.66. The summed E-state index contributed by atoms with van der Waals surface area (Å²) < 4.78 is 1.46. The number of aromatic amines is 1. The van der Waals surface area contributed by atoms with Gasteiger partial charge in [0.25, 0.3) is 5.56 Å². The fourth-order valence-corrected chi connectivity index (χ4v) is 3.82. The van der Waals surface area contributed by atoms with Crippen molar-refractivity contribution in [2.45, 2.75) is 19.9 Å². The van der Waals surface area contributed by atoms with E-state index < -0.39 is 11.9 Å². The highest BCUT2D eigenvalue weighted by atomic mass is 16.1. The van der Waals surface area contributed by atoms with Gasteiger partial charge >= 0.3 is 0 Å². The zero-order valence-corrected chi connectivity index (χ0v) is 19.0. The van der Waals surface area contributed by atoms with Gasteiger partial charge in [0, 0.05) is 12.6 Å². The van der Waals surface area contributed by atoms with Crippen LogP contribution in [0.1, 0.15) is 40.4 Å². The van der Waals surface area contributed by atoms with Gasteiger partial charge in [0.2, 0.25) is 5.91 Å². The van der Waals surface area contributed by atoms with Crippen LogP contribution in [0.3, 0.4) is 0 Å². The van der Waals surface area contributed by atoms with Gasteiger partial charge < -0.3 is 16.0 Å². The Hall–Kier alpha value is -4.60. The average Bonchev–Trinajstić information content (AvgIpc) is 3.31. The Bertz CT molecular complexity index is 1500. The molecule has 0 aliphatic rings. The Morgan fingerprint density at radius 1 is 1.26 bits per heavy atom. The third kappa shape index (κ3) is 3.96. The number of anilines is 1. The number of amidine groups is 1. The van der Waals surface area contributed by atoms with E-state index in [-0.39, 0.29) is 11.1 Å². The highest BCUT2D eigenvalue weighted by Gasteiger charge is 2.21. The molecule has 2 heterocycles. The van der Waals surface area contributed by atoms with Crippen molar-refractivity contribution in [1.82, 2.24) is 19.5 Å². The van der Waals surface area contributed by atoms with Crippen LogP contribution >= 0.6 is 0 Å². The third-order valence-corrected chi connectivity index (χ3v) is 5.46. The summed E-state index contributed by atoms with van der Waals surface area (Å²) in [4.78, 5) is 46.3. The number of fused-ring (bicyclic) bond motifs is 1. The van der Waals surface area contributed by atoms with Gasteiger partial charge in [0.1, 0.15) is 17.6 Å². The fourth-order valence-electron chi connectivity index (χ4n) is 3.82. The molecule has 10 heteroatoms. The summed E-state index contributed by atoms with van der Waals surface area (Å²) in [5.41, 5.74) is 7.85. The third-order valence-electron chi connectivity index (χ3n) is 5.46. The molecular weight excluding hydrogens is 432 g/mol. The van der Waals surface area contributed by atoms with E-state index in [1.807, 2.05) is 19.1 Å². The SMILES string of the molecule is C=NC(=NC(C)c1nc2cccc(C)c2c(=O)n1-c1cccc(C(N)=O)c1)c1[nH]cnc1NC. The molecule has 10 nitrogen and oxygen atoms in total. The predicted molar refractivity (Wildman–Crippen MR) is 133 cm³/mol. The molecule has 1 amide bonds. The summed E-state index contributed by atoms with van der Waals surface area (Å²) in [5, 5.41) is 3.46. The molecule has 4 N–H and O–H groups in total. The highest BCUT2D eigenvalue weighted by Crippen LogP contribution is 2.24. The van der Waals surface area contributed by atoms with E-state index in [0.717, 1.165) is 5.56 Å². The van der Waals surface area contributed by atoms with E-state index in [4.69, 9.17) is 15.7 Å². The first-order valence-electron chi connectivity index (χ1n) is 10.5. The van der Waals surface area contributed by atoms with Crippen LogP contribution in [0, 0.1) is 6.92 Å². The molecule has 0 fully saturated rings. The van der Waals surface area contributed by atoms with Gasteiger partial charge in [-0.2, -0.15) is 0 Å². The number of carbonyl (C=O) groups excluding carboxylic acids is 1. The lowest BCUT2D eigenvalue weighted by atomic mass is 10.1. The van der Waals surface area contributed by atoms with Gasteiger partial charge in [-0.05, 0) is 50.4 Å². The molecule has 0 saturated heterocycles. The number of hydrogen-bond donors (Lipinski definition) is 3. The van der Waals surface area contributed by atoms with E-state index in [1.54, 1.807) is 44.3 Å². The number of aryl methyl sites for hydroxylation is 1. The van der Waals surface area contributed by atoms with Crippen molar-refractivity contribution in [3.8, 4) is 5.69 Å². The van der Waals surface area contributed by atoms with Crippen LogP contribution in [0.5, 0.6) is 0 Å². The molecule has 2 aromatic heterocycles. The monoisotopic (exact) mass is 456 g/mol. The molecule has 2 aromatic carbocycles. The lowest BCUT2D eigenvalue weighted by molar-refractivity contribution is 0.1000. The maximum Gasteiger partial charge on any atom is 0.266 e. The van der Waals surface area contributed by atoms with E-state index in [9.17, 15) is 9.59 Å². The number of benzene rings is 2. The zero-order chi connectivity index (χ0) is 24.4. The largest absolute Gasteiger partial charge is 0.371 e. The minimum absolute atomic E-state index is 0.271. The minimum atomic E-state index is -0.608. The molecule has 0 saturated carbocycles. The quantitative estimate of drug-likeness (QED) is 0.302. The number of nitrogens with one attached hydrogen (secondary N) is 2. The molecule has 0 bridgehead atoms. The maximum absolute atomic E-state index is 13.7. The van der Waals surface area contributed by atoms with Gasteiger partial charge in [-0.25, -0.2) is 15.0 Å². The number of carbonyl (C=O) groups is 1. The van der Waals surface area contributed by atoms with Gasteiger partial charge in [0.15, 0.2) is 11.7 Å². The zero-order valence-electron chi connectivity index (χ0n) is 19.0. The Morgan fingerprint density at radius 2 is 2.03 bits per heavy atom. The Labute approximate surface area is 195 Å². The minimum Gasteiger partial charge on any atom is -0.371 e. The second kappa shape index (κ2) is 9.10. The van der Waals surface area contributed by atoms with Gasteiger partial charge in [-0.1, -0.05) is 18.2 Å². The van der Waals surface area contributed by atoms with Crippen LogP contribution in [0.25, 0.3) is 16.6 Å². The van der Waals surface area contributed by atoms with Crippen molar-refractivity contribution >= 4 is 35.2 Å². The van der Waals surface area contributed by atoms with Crippen LogP contribution in [-0.2, 0) is 0 Å². The van der Waals surface area contributed by atoms with Crippen molar-refractivity contribution in [3.05, 3.63) is 81.8 Å². The summed E-state index contributed by atoms with van der Waals surface area (Å²) in [6, 6.07) is 11.4. The number of imidazole rings is 1. The topological polar surface area (TPSA) is 143 Å². The molecule has 0 spiro atoms. The van der Waals surface area contributed by atoms with Crippen molar-refractivity contribution in [2.24, 2.45) is 15.7 Å². The smallest absolute Gasteiger partial charge is 0.266 e. The number of hydrogen-bond acceptors (Lipinski definition) is 6. The summed E-state index contributed by atoms with van der Waals surface area (Å²) in [7, 11) is 1.74. The Morgan fingerprint density at radius 3 is 2.74 bits per heavy atom. The Kier molecular flexibility index (Phi) is 6.05. The lowest BCUT2D eigenvalue weighted by Crippen LogP contribution is -2.26. The Balaban J connectivity index is 1.99. The maximum atomic E-state index is 13.7. The lowest BCUT2D eigenvalue weighted by Gasteiger charge is -2.18. The first-order chi connectivity index (χ1) is 16.3. The molecule has 1 atom stereocenters. The number of H-pyrrole nitrogens is 1. The van der Waals surface area contributed by atoms with Gasteiger partial charge in [0.05, 0.1) is 22.9 Å². The van der Waals surface area contributed by atoms with Gasteiger partial charge in [-0.3, -0.25) is 19.1 Å². The standard InChI is InChI=1S/C24H24N8O2/c1-13-7-5-10-17-18(13)24(34)32(16-9-6-8-15(11-16)20(25)33)23(31-17)14(2)30-22(27-4)19-21(26-3)29-12-28-19/h5-12,14,26H,4H2,1-3H3,(H2,25,33)(H,28,29). The average molecular weight is 457 g/mol. The van der Waals surface area contributed by atoms with Crippen LogP contribution in [0.15, 0.2) is 63.6 Å². The second-order valence-corrected chi connectivity index (χ2v) is 7.66. The van der Waals surface area contributed by atoms with E-state index in [2.05, 4.69) is 27.0 Å². The summed E-state index contributed by atoms with van der Waals surface area (Å²) in [6.07, 6.45) is 1.52. The van der Waals surface area contributed by atoms with Crippen LogP contribution in [0.4, 0.5) is 5.82 Å². The predicted octanol–water partition coefficient (Wildman–Crippen LogP) is 2.77. The normalized spacial score (nSPS) is 12.5. The summed E-state index contributed by atoms with van der Waals surface area (Å²) in [6.45, 7) is 7.29. The molecule has 172 valence electrons. The highest BCUT2D eigenvalue weighted by molar-refractivity contribution is 6.03. The first-order valence-corrected chi connectivity index (χ1v) is 10.5. The molecule has 4 aromatic rings. The van der Waals surface area contributed by atoms with Crippen molar-refractivity contribution in [3.63, 3.8) is 0 Å². The number of aliphatic imine (C=N–C) groups is 2. The van der Waals surface area contributed by atoms with E-state index in [0.29, 0.717) is 39.8 Å². The molecule has 0 aliphatic carbocycles. The van der Waals surface area contributed by atoms with Crippen LogP contribution in [0.2, 0.25) is 0 Å². The molecule has 1 unspecified atom stereocenters. The number of nitrogens with two attached hydrogens (primary N) is 1. The molecule has 4 rings (SSSR count). The van der Waals surface area contributed by atoms with Crippen molar-refractivity contribution in [1.29, 1.82) is 0 Å². The number of nitrogens with zero attached hydrogens (tertiary/aromatic N) is 5. The number of primary amides is 1. The molecule has 0 aliphatic heterocycles. The number of aromatic nitrogens is 4. The number of amides is 1. The number of rotatable bonds is 6. The molecular formula is C24H24N8O2. The van der Waals surface area contributed by atoms with Crippen molar-refractivity contribution in [2.75, 3.05) is 12.4 Å². The van der Waals surface area contributed by atoms with Crippen molar-refractivity contribution < 1.29 is 4.79 Å². The van der Waals surface area contributed by atoms with Crippen LogP contribution in [-0.4, -0.2) is 45.0 Å². The van der Waals surface area contributed by atoms with E-state index in [1.165, 1.54) is 10.9 Å². The molecule has 0 radical (unpaired) electrons. The summed E-state index contributed by atoms with van der Waals surface area (Å²) in [5.74, 6) is 0.651.